The van der Waals surface area contributed by atoms with Gasteiger partial charge >= 0.3 is 0 Å². The van der Waals surface area contributed by atoms with Gasteiger partial charge in [-0.2, -0.15) is 0 Å². The molecular formula is C9H5Cl2IS. The van der Waals surface area contributed by atoms with Crippen LogP contribution in [0.1, 0.15) is 5.56 Å². The highest BCUT2D eigenvalue weighted by Crippen LogP contribution is 2.35. The minimum absolute atomic E-state index is 0.473. The van der Waals surface area contributed by atoms with Crippen molar-refractivity contribution in [3.05, 3.63) is 31.7 Å². The summed E-state index contributed by atoms with van der Waals surface area (Å²) in [5.41, 5.74) is 1.01. The maximum atomic E-state index is 6.21. The summed E-state index contributed by atoms with van der Waals surface area (Å²) in [6.07, 6.45) is 0. The van der Waals surface area contributed by atoms with E-state index < -0.39 is 0 Å². The van der Waals surface area contributed by atoms with Crippen LogP contribution in [-0.4, -0.2) is 0 Å². The van der Waals surface area contributed by atoms with Crippen molar-refractivity contribution in [2.45, 2.75) is 5.88 Å². The lowest BCUT2D eigenvalue weighted by molar-refractivity contribution is 1.43. The fourth-order valence-electron chi connectivity index (χ4n) is 1.20. The molecule has 0 spiro atoms. The first kappa shape index (κ1) is 10.0. The van der Waals surface area contributed by atoms with E-state index in [2.05, 4.69) is 34.0 Å². The Labute approximate surface area is 104 Å². The smallest absolute Gasteiger partial charge is 0.0547 e. The molecule has 0 nitrogen and oxygen atoms in total. The molecule has 1 aromatic carbocycles. The van der Waals surface area contributed by atoms with Crippen molar-refractivity contribution in [2.24, 2.45) is 0 Å². The predicted octanol–water partition coefficient (Wildman–Crippen LogP) is 4.90. The van der Waals surface area contributed by atoms with Gasteiger partial charge in [0.15, 0.2) is 0 Å². The second kappa shape index (κ2) is 3.93. The Morgan fingerprint density at radius 3 is 2.85 bits per heavy atom. The van der Waals surface area contributed by atoms with Crippen LogP contribution < -0.4 is 0 Å². The summed E-state index contributed by atoms with van der Waals surface area (Å²) >= 11 is 16.0. The van der Waals surface area contributed by atoms with Gasteiger partial charge in [0.05, 0.1) is 5.02 Å². The van der Waals surface area contributed by atoms with Crippen LogP contribution in [0.2, 0.25) is 5.02 Å². The van der Waals surface area contributed by atoms with Crippen LogP contribution >= 0.6 is 57.1 Å². The van der Waals surface area contributed by atoms with E-state index >= 15 is 0 Å². The zero-order valence-corrected chi connectivity index (χ0v) is 11.0. The molecule has 0 fully saturated rings. The average molecular weight is 343 g/mol. The van der Waals surface area contributed by atoms with Crippen LogP contribution in [0.5, 0.6) is 0 Å². The van der Waals surface area contributed by atoms with Crippen LogP contribution in [0.25, 0.3) is 10.1 Å². The Hall–Kier alpha value is 0.490. The first-order valence-corrected chi connectivity index (χ1v) is 6.51. The van der Waals surface area contributed by atoms with E-state index in [0.717, 1.165) is 16.0 Å². The third kappa shape index (κ3) is 1.69. The fourth-order valence-corrected chi connectivity index (χ4v) is 3.99. The molecule has 0 saturated carbocycles. The van der Waals surface area contributed by atoms with Gasteiger partial charge in [-0.15, -0.1) is 22.9 Å². The molecule has 2 rings (SSSR count). The van der Waals surface area contributed by atoms with E-state index in [1.54, 1.807) is 11.3 Å². The first-order chi connectivity index (χ1) is 6.24. The molecule has 0 radical (unpaired) electrons. The highest BCUT2D eigenvalue weighted by atomic mass is 127. The highest BCUT2D eigenvalue weighted by Gasteiger charge is 2.08. The molecule has 0 amide bonds. The van der Waals surface area contributed by atoms with Gasteiger partial charge in [-0.3, -0.25) is 0 Å². The Morgan fingerprint density at radius 2 is 2.15 bits per heavy atom. The van der Waals surface area contributed by atoms with E-state index in [1.807, 2.05) is 6.07 Å². The van der Waals surface area contributed by atoms with Crippen LogP contribution in [0.3, 0.4) is 0 Å². The van der Waals surface area contributed by atoms with E-state index in [1.165, 1.54) is 8.27 Å². The van der Waals surface area contributed by atoms with Crippen LogP contribution in [0, 0.1) is 3.57 Å². The molecule has 2 aromatic rings. The number of hydrogen-bond donors (Lipinski definition) is 0. The molecule has 68 valence electrons. The van der Waals surface area contributed by atoms with Crippen molar-refractivity contribution in [3.63, 3.8) is 0 Å². The number of thiophene rings is 1. The normalized spacial score (nSPS) is 11.0. The number of benzene rings is 1. The quantitative estimate of drug-likeness (QED) is 0.511. The maximum Gasteiger partial charge on any atom is 0.0547 e. The van der Waals surface area contributed by atoms with Crippen molar-refractivity contribution in [3.8, 4) is 0 Å². The van der Waals surface area contributed by atoms with Crippen LogP contribution in [0.4, 0.5) is 0 Å². The van der Waals surface area contributed by atoms with E-state index in [0.29, 0.717) is 5.88 Å². The third-order valence-corrected chi connectivity index (χ3v) is 4.80. The first-order valence-electron chi connectivity index (χ1n) is 3.64. The lowest BCUT2D eigenvalue weighted by atomic mass is 10.2. The number of rotatable bonds is 1. The highest BCUT2D eigenvalue weighted by molar-refractivity contribution is 14.1. The van der Waals surface area contributed by atoms with Gasteiger partial charge in [-0.1, -0.05) is 17.7 Å². The zero-order valence-electron chi connectivity index (χ0n) is 6.48. The molecule has 13 heavy (non-hydrogen) atoms. The van der Waals surface area contributed by atoms with Crippen LogP contribution in [-0.2, 0) is 5.88 Å². The molecule has 0 aliphatic carbocycles. The fraction of sp³-hybridized carbons (Fsp3) is 0.111. The number of halogens is 3. The number of hydrogen-bond acceptors (Lipinski definition) is 1. The summed E-state index contributed by atoms with van der Waals surface area (Å²) in [5.74, 6) is 0.473. The Bertz CT molecular complexity index is 450. The van der Waals surface area contributed by atoms with Crippen molar-refractivity contribution in [2.75, 3.05) is 0 Å². The second-order valence-electron chi connectivity index (χ2n) is 2.63. The largest absolute Gasteiger partial charge is 0.143 e. The van der Waals surface area contributed by atoms with Gasteiger partial charge in [-0.25, -0.2) is 0 Å². The van der Waals surface area contributed by atoms with Gasteiger partial charge in [0.1, 0.15) is 0 Å². The third-order valence-electron chi connectivity index (χ3n) is 1.86. The molecule has 4 heteroatoms. The lowest BCUT2D eigenvalue weighted by Crippen LogP contribution is -1.80. The standard InChI is InChI=1S/C9H5Cl2IS/c10-3-5-1-2-7-8(9(5)11)6(12)4-13-7/h1-2,4H,3H2. The van der Waals surface area contributed by atoms with Gasteiger partial charge in [0.2, 0.25) is 0 Å². The van der Waals surface area contributed by atoms with Gasteiger partial charge in [0, 0.05) is 24.9 Å². The topological polar surface area (TPSA) is 0 Å². The molecule has 0 aliphatic rings. The van der Waals surface area contributed by atoms with Gasteiger partial charge in [0.25, 0.3) is 0 Å². The Balaban J connectivity index is 2.83. The minimum Gasteiger partial charge on any atom is -0.143 e. The van der Waals surface area contributed by atoms with Crippen molar-refractivity contribution in [1.82, 2.24) is 0 Å². The summed E-state index contributed by atoms with van der Waals surface area (Å²) in [7, 11) is 0. The molecular weight excluding hydrogens is 338 g/mol. The van der Waals surface area contributed by atoms with Crippen molar-refractivity contribution >= 4 is 67.2 Å². The monoisotopic (exact) mass is 342 g/mol. The Morgan fingerprint density at radius 1 is 1.38 bits per heavy atom. The molecule has 0 saturated heterocycles. The molecule has 0 unspecified atom stereocenters. The second-order valence-corrected chi connectivity index (χ2v) is 5.35. The average Bonchev–Trinajstić information content (AvgIpc) is 2.49. The van der Waals surface area contributed by atoms with Gasteiger partial charge < -0.3 is 0 Å². The molecule has 1 aromatic heterocycles. The summed E-state index contributed by atoms with van der Waals surface area (Å²) in [6.45, 7) is 0. The van der Waals surface area contributed by atoms with Gasteiger partial charge in [-0.05, 0) is 34.2 Å². The summed E-state index contributed by atoms with van der Waals surface area (Å²) in [4.78, 5) is 0. The molecule has 0 aliphatic heterocycles. The van der Waals surface area contributed by atoms with Crippen molar-refractivity contribution in [1.29, 1.82) is 0 Å². The molecule has 1 heterocycles. The molecule has 0 N–H and O–H groups in total. The summed E-state index contributed by atoms with van der Waals surface area (Å²) < 4.78 is 2.43. The Kier molecular flexibility index (Phi) is 3.03. The summed E-state index contributed by atoms with van der Waals surface area (Å²) in [5, 5.41) is 4.05. The van der Waals surface area contributed by atoms with Crippen LogP contribution in [0.15, 0.2) is 17.5 Å². The summed E-state index contributed by atoms with van der Waals surface area (Å²) in [6, 6.07) is 4.07. The number of alkyl halides is 1. The SMILES string of the molecule is ClCc1ccc2scc(I)c2c1Cl. The number of fused-ring (bicyclic) bond motifs is 1. The van der Waals surface area contributed by atoms with Crippen molar-refractivity contribution < 1.29 is 0 Å². The minimum atomic E-state index is 0.473. The molecule has 0 atom stereocenters. The predicted molar refractivity (Wildman–Crippen MR) is 69.1 cm³/mol. The van der Waals surface area contributed by atoms with E-state index in [4.69, 9.17) is 23.2 Å². The molecule has 0 bridgehead atoms. The van der Waals surface area contributed by atoms with E-state index in [-0.39, 0.29) is 0 Å². The zero-order chi connectivity index (χ0) is 9.42. The van der Waals surface area contributed by atoms with E-state index in [9.17, 15) is 0 Å². The lowest BCUT2D eigenvalue weighted by Gasteiger charge is -2.01. The maximum absolute atomic E-state index is 6.21.